The zero-order chi connectivity index (χ0) is 7.66. The molecule has 0 unspecified atom stereocenters. The summed E-state index contributed by atoms with van der Waals surface area (Å²) in [5.74, 6) is 0. The second-order valence-corrected chi connectivity index (χ2v) is 2.83. The van der Waals surface area contributed by atoms with Gasteiger partial charge >= 0.3 is 0 Å². The van der Waals surface area contributed by atoms with Crippen molar-refractivity contribution in [2.24, 2.45) is 0 Å². The molecule has 1 nitrogen and oxygen atoms in total. The first-order valence-electron chi connectivity index (χ1n) is 4.56. The van der Waals surface area contributed by atoms with Gasteiger partial charge in [0.25, 0.3) is 0 Å². The van der Waals surface area contributed by atoms with Crippen molar-refractivity contribution in [3.8, 4) is 0 Å². The fraction of sp³-hybridized carbons (Fsp3) is 1.00. The summed E-state index contributed by atoms with van der Waals surface area (Å²) in [6.45, 7) is 3.14. The first-order chi connectivity index (χ1) is 4.91. The van der Waals surface area contributed by atoms with Crippen LogP contribution in [0.25, 0.3) is 0 Å². The topological polar surface area (TPSA) is 12.0 Å². The van der Waals surface area contributed by atoms with E-state index < -0.39 is 0 Å². The molecule has 0 aromatic heterocycles. The molecule has 0 bridgehead atoms. The van der Waals surface area contributed by atoms with Crippen molar-refractivity contribution in [1.82, 2.24) is 5.32 Å². The van der Waals surface area contributed by atoms with Crippen molar-refractivity contribution >= 4 is 0 Å². The lowest BCUT2D eigenvalue weighted by molar-refractivity contribution is 0.504. The van der Waals surface area contributed by atoms with E-state index in [4.69, 9.17) is 0 Å². The normalized spacial score (nSPS) is 17.4. The molecule has 0 atom stereocenters. The maximum Gasteiger partial charge on any atom is -0.00804 e. The Balaban J connectivity index is 0.000000180. The average Bonchev–Trinajstić information content (AvgIpc) is 2.08. The van der Waals surface area contributed by atoms with Crippen molar-refractivity contribution in [3.63, 3.8) is 0 Å². The van der Waals surface area contributed by atoms with E-state index in [1.54, 1.807) is 0 Å². The van der Waals surface area contributed by atoms with E-state index >= 15 is 0 Å². The fourth-order valence-electron chi connectivity index (χ4n) is 1.06. The highest BCUT2D eigenvalue weighted by molar-refractivity contribution is 4.51. The smallest absolute Gasteiger partial charge is 0.00804 e. The third-order valence-electron chi connectivity index (χ3n) is 1.85. The molecule has 0 aromatic carbocycles. The summed E-state index contributed by atoms with van der Waals surface area (Å²) in [5.41, 5.74) is 0. The molecule has 0 saturated heterocycles. The summed E-state index contributed by atoms with van der Waals surface area (Å²) >= 11 is 0. The van der Waals surface area contributed by atoms with Gasteiger partial charge in [-0.25, -0.2) is 0 Å². The summed E-state index contributed by atoms with van der Waals surface area (Å²) in [7, 11) is 1.93. The van der Waals surface area contributed by atoms with Crippen LogP contribution in [-0.4, -0.2) is 13.6 Å². The van der Waals surface area contributed by atoms with Gasteiger partial charge in [0.05, 0.1) is 0 Å². The van der Waals surface area contributed by atoms with Gasteiger partial charge < -0.3 is 5.32 Å². The van der Waals surface area contributed by atoms with Crippen LogP contribution in [0.5, 0.6) is 0 Å². The lowest BCUT2D eigenvalue weighted by atomic mass is 10.0. The second kappa shape index (κ2) is 8.96. The minimum Gasteiger partial charge on any atom is -0.320 e. The van der Waals surface area contributed by atoms with Crippen LogP contribution in [0.2, 0.25) is 0 Å². The first-order valence-corrected chi connectivity index (χ1v) is 4.56. The van der Waals surface area contributed by atoms with Crippen molar-refractivity contribution in [1.29, 1.82) is 0 Å². The quantitative estimate of drug-likeness (QED) is 0.595. The van der Waals surface area contributed by atoms with Gasteiger partial charge in [-0.15, -0.1) is 0 Å². The highest BCUT2D eigenvalue weighted by atomic mass is 14.8. The van der Waals surface area contributed by atoms with Gasteiger partial charge in [-0.3, -0.25) is 0 Å². The molecule has 1 N–H and O–H groups in total. The number of hydrogen-bond donors (Lipinski definition) is 1. The Morgan fingerprint density at radius 2 is 1.10 bits per heavy atom. The van der Waals surface area contributed by atoms with Crippen LogP contribution in [0.1, 0.15) is 45.4 Å². The Labute approximate surface area is 65.2 Å². The molecule has 0 aliphatic heterocycles. The van der Waals surface area contributed by atoms with E-state index in [0.29, 0.717) is 0 Å². The Kier molecular flexibility index (Phi) is 8.92. The predicted octanol–water partition coefficient (Wildman–Crippen LogP) is 2.57. The molecular weight excluding hydrogens is 122 g/mol. The van der Waals surface area contributed by atoms with Crippen LogP contribution in [0, 0.1) is 0 Å². The Morgan fingerprint density at radius 3 is 1.20 bits per heavy atom. The van der Waals surface area contributed by atoms with Gasteiger partial charge in [0.15, 0.2) is 0 Å². The van der Waals surface area contributed by atoms with Crippen molar-refractivity contribution in [3.05, 3.63) is 0 Å². The highest BCUT2D eigenvalue weighted by Crippen LogP contribution is 2.15. The van der Waals surface area contributed by atoms with Gasteiger partial charge in [0.1, 0.15) is 0 Å². The largest absolute Gasteiger partial charge is 0.320 e. The molecular formula is C9H21N. The minimum absolute atomic E-state index is 1.07. The summed E-state index contributed by atoms with van der Waals surface area (Å²) in [4.78, 5) is 0. The van der Waals surface area contributed by atoms with E-state index in [-0.39, 0.29) is 0 Å². The summed E-state index contributed by atoms with van der Waals surface area (Å²) in [6.07, 6.45) is 9.00. The van der Waals surface area contributed by atoms with Crippen LogP contribution in [0.15, 0.2) is 0 Å². The second-order valence-electron chi connectivity index (χ2n) is 2.83. The van der Waals surface area contributed by atoms with Crippen LogP contribution in [0.3, 0.4) is 0 Å². The average molecular weight is 143 g/mol. The Bertz CT molecular complexity index is 35.2. The molecule has 0 amide bonds. The molecule has 0 aromatic rings. The fourth-order valence-corrected chi connectivity index (χ4v) is 1.06. The molecule has 1 heteroatoms. The lowest BCUT2D eigenvalue weighted by Gasteiger charge is -2.05. The van der Waals surface area contributed by atoms with Gasteiger partial charge in [-0.2, -0.15) is 0 Å². The Hall–Kier alpha value is -0.0400. The van der Waals surface area contributed by atoms with Gasteiger partial charge in [-0.1, -0.05) is 45.4 Å². The number of rotatable bonds is 1. The molecule has 1 aliphatic rings. The minimum atomic E-state index is 1.07. The van der Waals surface area contributed by atoms with E-state index in [2.05, 4.69) is 12.2 Å². The molecule has 1 saturated carbocycles. The molecule has 62 valence electrons. The molecule has 1 aliphatic carbocycles. The molecule has 1 fully saturated rings. The predicted molar refractivity (Wildman–Crippen MR) is 47.3 cm³/mol. The Morgan fingerprint density at radius 1 is 0.900 bits per heavy atom. The third kappa shape index (κ3) is 7.96. The van der Waals surface area contributed by atoms with Gasteiger partial charge in [-0.05, 0) is 13.6 Å². The molecule has 1 rings (SSSR count). The molecule has 10 heavy (non-hydrogen) atoms. The lowest BCUT2D eigenvalue weighted by Crippen LogP contribution is -2.01. The number of hydrogen-bond acceptors (Lipinski definition) is 1. The maximum atomic E-state index is 2.93. The summed E-state index contributed by atoms with van der Waals surface area (Å²) in [5, 5.41) is 2.93. The van der Waals surface area contributed by atoms with E-state index in [9.17, 15) is 0 Å². The standard InChI is InChI=1S/C6H12.C3H9N/c1-2-4-6-5-3-1;1-3-4-2/h1-6H2;4H,3H2,1-2H3. The molecule has 0 spiro atoms. The third-order valence-corrected chi connectivity index (χ3v) is 1.85. The van der Waals surface area contributed by atoms with E-state index in [0.717, 1.165) is 6.54 Å². The molecule has 0 heterocycles. The SMILES string of the molecule is C1CCCCC1.CCNC. The molecule has 0 radical (unpaired) electrons. The van der Waals surface area contributed by atoms with Gasteiger partial charge in [0.2, 0.25) is 0 Å². The van der Waals surface area contributed by atoms with Crippen molar-refractivity contribution in [2.45, 2.75) is 45.4 Å². The highest BCUT2D eigenvalue weighted by Gasteiger charge is 1.95. The van der Waals surface area contributed by atoms with E-state index in [1.807, 2.05) is 7.05 Å². The summed E-state index contributed by atoms with van der Waals surface area (Å²) in [6, 6.07) is 0. The maximum absolute atomic E-state index is 2.93. The van der Waals surface area contributed by atoms with Gasteiger partial charge in [0, 0.05) is 0 Å². The monoisotopic (exact) mass is 143 g/mol. The van der Waals surface area contributed by atoms with Crippen LogP contribution >= 0.6 is 0 Å². The van der Waals surface area contributed by atoms with Crippen molar-refractivity contribution in [2.75, 3.05) is 13.6 Å². The zero-order valence-electron chi connectivity index (χ0n) is 7.45. The number of nitrogens with one attached hydrogen (secondary N) is 1. The van der Waals surface area contributed by atoms with Crippen LogP contribution in [-0.2, 0) is 0 Å². The van der Waals surface area contributed by atoms with E-state index in [1.165, 1.54) is 38.5 Å². The van der Waals surface area contributed by atoms with Crippen LogP contribution in [0.4, 0.5) is 0 Å². The van der Waals surface area contributed by atoms with Crippen molar-refractivity contribution < 1.29 is 0 Å². The summed E-state index contributed by atoms with van der Waals surface area (Å²) < 4.78 is 0. The zero-order valence-corrected chi connectivity index (χ0v) is 7.45. The van der Waals surface area contributed by atoms with Crippen LogP contribution < -0.4 is 5.32 Å². The first kappa shape index (κ1) is 9.96.